The largest absolute Gasteiger partial charge is 0.472 e. The highest BCUT2D eigenvalue weighted by Gasteiger charge is 2.26. The number of thiazole rings is 1. The zero-order valence-electron chi connectivity index (χ0n) is 23.4. The number of sulfonamides is 1. The summed E-state index contributed by atoms with van der Waals surface area (Å²) in [6, 6.07) is 8.80. The van der Waals surface area contributed by atoms with Crippen molar-refractivity contribution in [2.75, 3.05) is 51.9 Å². The Bertz CT molecular complexity index is 1470. The third-order valence-corrected chi connectivity index (χ3v) is 8.54. The van der Waals surface area contributed by atoms with Crippen LogP contribution in [0.4, 0.5) is 5.13 Å². The number of hydrogen-bond donors (Lipinski definition) is 1. The summed E-state index contributed by atoms with van der Waals surface area (Å²) in [6.07, 6.45) is -0.377. The van der Waals surface area contributed by atoms with Crippen LogP contribution in [0.15, 0.2) is 46.7 Å². The first kappa shape index (κ1) is 31.3. The van der Waals surface area contributed by atoms with Crippen molar-refractivity contribution in [2.24, 2.45) is 0 Å². The highest BCUT2D eigenvalue weighted by Crippen LogP contribution is 2.27. The fourth-order valence-electron chi connectivity index (χ4n) is 3.91. The van der Waals surface area contributed by atoms with Crippen LogP contribution in [0.1, 0.15) is 29.9 Å². The van der Waals surface area contributed by atoms with Gasteiger partial charge in [-0.15, -0.1) is 11.3 Å². The van der Waals surface area contributed by atoms with E-state index in [0.717, 1.165) is 0 Å². The molecule has 3 heterocycles. The molecule has 0 spiro atoms. The van der Waals surface area contributed by atoms with Gasteiger partial charge < -0.3 is 23.7 Å². The van der Waals surface area contributed by atoms with Crippen LogP contribution in [-0.2, 0) is 35.4 Å². The van der Waals surface area contributed by atoms with Crippen LogP contribution < -0.4 is 14.8 Å². The number of hydrogen-bond acceptors (Lipinski definition) is 12. The highest BCUT2D eigenvalue weighted by atomic mass is 32.2. The number of pyridine rings is 1. The molecule has 1 amide bonds. The van der Waals surface area contributed by atoms with Gasteiger partial charge in [0.25, 0.3) is 5.91 Å². The van der Waals surface area contributed by atoms with Gasteiger partial charge in [-0.1, -0.05) is 0 Å². The first-order chi connectivity index (χ1) is 20.2. The smallest absolute Gasteiger partial charge is 0.311 e. The first-order valence-corrected chi connectivity index (χ1v) is 15.4. The topological polar surface area (TPSA) is 155 Å². The minimum absolute atomic E-state index is 0.00459. The number of ether oxygens (including phenoxy) is 5. The van der Waals surface area contributed by atoms with Gasteiger partial charge in [0.2, 0.25) is 21.8 Å². The van der Waals surface area contributed by atoms with Crippen molar-refractivity contribution < 1.29 is 41.7 Å². The average Bonchev–Trinajstić information content (AvgIpc) is 3.40. The lowest BCUT2D eigenvalue weighted by Crippen LogP contribution is -2.40. The molecule has 1 aliphatic heterocycles. The van der Waals surface area contributed by atoms with Crippen LogP contribution in [0.2, 0.25) is 0 Å². The molecule has 1 aliphatic rings. The van der Waals surface area contributed by atoms with Crippen LogP contribution in [0.5, 0.6) is 17.5 Å². The second-order valence-corrected chi connectivity index (χ2v) is 11.9. The molecule has 0 radical (unpaired) electrons. The van der Waals surface area contributed by atoms with Gasteiger partial charge >= 0.3 is 5.97 Å². The number of rotatable bonds is 13. The zero-order valence-corrected chi connectivity index (χ0v) is 25.0. The normalized spacial score (nSPS) is 14.6. The lowest BCUT2D eigenvalue weighted by Gasteiger charge is -2.26. The van der Waals surface area contributed by atoms with Crippen molar-refractivity contribution in [2.45, 2.75) is 31.3 Å². The Morgan fingerprint density at radius 1 is 1.12 bits per heavy atom. The Balaban J connectivity index is 1.52. The van der Waals surface area contributed by atoms with Crippen LogP contribution >= 0.6 is 11.3 Å². The molecule has 3 aromatic rings. The van der Waals surface area contributed by atoms with Crippen LogP contribution in [0, 0.1) is 0 Å². The number of carbonyl (C=O) groups is 2. The molecule has 2 aromatic heterocycles. The van der Waals surface area contributed by atoms with Gasteiger partial charge in [0.05, 0.1) is 49.0 Å². The Kier molecular flexibility index (Phi) is 10.8. The number of nitrogens with zero attached hydrogens (tertiary/aromatic N) is 3. The number of aromatic nitrogens is 2. The number of morpholine rings is 1. The minimum Gasteiger partial charge on any atom is -0.472 e. The average molecular weight is 621 g/mol. The van der Waals surface area contributed by atoms with Crippen molar-refractivity contribution in [3.8, 4) is 17.5 Å². The molecule has 4 rings (SSSR count). The Labute approximate surface area is 247 Å². The molecule has 1 aromatic carbocycles. The Hall–Kier alpha value is -3.63. The number of methoxy groups -OCH3 is 1. The maximum absolute atomic E-state index is 13.1. The lowest BCUT2D eigenvalue weighted by atomic mass is 10.2. The van der Waals surface area contributed by atoms with Crippen LogP contribution in [-0.4, -0.2) is 87.3 Å². The second kappa shape index (κ2) is 14.5. The second-order valence-electron chi connectivity index (χ2n) is 9.09. The molecule has 1 fully saturated rings. The molecule has 1 N–H and O–H groups in total. The summed E-state index contributed by atoms with van der Waals surface area (Å²) in [5.41, 5.74) is 0.650. The maximum atomic E-state index is 13.1. The summed E-state index contributed by atoms with van der Waals surface area (Å²) in [7, 11) is -2.13. The summed E-state index contributed by atoms with van der Waals surface area (Å²) in [4.78, 5) is 33.6. The van der Waals surface area contributed by atoms with E-state index in [1.54, 1.807) is 26.3 Å². The summed E-state index contributed by atoms with van der Waals surface area (Å²) in [6.45, 7) is 5.33. The Morgan fingerprint density at radius 3 is 2.52 bits per heavy atom. The SMILES string of the molecule is CCOC(=O)Cc1csc(NC(=O)c2cc(Oc3ccc(S(=O)(=O)N4CCOCC4)cc3)nc(O[C@H](C)COC)c2)n1. The highest BCUT2D eigenvalue weighted by molar-refractivity contribution is 7.89. The number of benzene rings is 1. The van der Waals surface area contributed by atoms with E-state index in [2.05, 4.69) is 15.3 Å². The molecule has 42 heavy (non-hydrogen) atoms. The molecule has 15 heteroatoms. The number of anilines is 1. The third-order valence-electron chi connectivity index (χ3n) is 5.82. The van der Waals surface area contributed by atoms with E-state index in [4.69, 9.17) is 23.7 Å². The van der Waals surface area contributed by atoms with Crippen molar-refractivity contribution in [3.63, 3.8) is 0 Å². The molecular formula is C27H32N4O9S2. The molecule has 13 nitrogen and oxygen atoms in total. The fourth-order valence-corrected chi connectivity index (χ4v) is 6.02. The van der Waals surface area contributed by atoms with E-state index in [1.807, 2.05) is 0 Å². The quantitative estimate of drug-likeness (QED) is 0.280. The number of carbonyl (C=O) groups excluding carboxylic acids is 2. The molecule has 1 atom stereocenters. The van der Waals surface area contributed by atoms with Crippen molar-refractivity contribution >= 4 is 38.4 Å². The van der Waals surface area contributed by atoms with E-state index in [1.165, 1.54) is 52.0 Å². The number of nitrogens with one attached hydrogen (secondary N) is 1. The molecule has 1 saturated heterocycles. The third kappa shape index (κ3) is 8.45. The summed E-state index contributed by atoms with van der Waals surface area (Å²) < 4.78 is 54.3. The molecule has 0 aliphatic carbocycles. The van der Waals surface area contributed by atoms with Gasteiger partial charge in [-0.2, -0.15) is 9.29 Å². The minimum atomic E-state index is -3.67. The number of esters is 1. The fraction of sp³-hybridized carbons (Fsp3) is 0.407. The molecule has 0 unspecified atom stereocenters. The van der Waals surface area contributed by atoms with Crippen LogP contribution in [0.3, 0.4) is 0 Å². The van der Waals surface area contributed by atoms with E-state index >= 15 is 0 Å². The zero-order chi connectivity index (χ0) is 30.1. The van der Waals surface area contributed by atoms with Crippen LogP contribution in [0.25, 0.3) is 0 Å². The van der Waals surface area contributed by atoms with E-state index in [-0.39, 0.29) is 61.0 Å². The molecule has 226 valence electrons. The van der Waals surface area contributed by atoms with Crippen molar-refractivity contribution in [1.29, 1.82) is 0 Å². The molecule has 0 saturated carbocycles. The van der Waals surface area contributed by atoms with Gasteiger partial charge in [0.15, 0.2) is 5.13 Å². The predicted molar refractivity (Wildman–Crippen MR) is 153 cm³/mol. The van der Waals surface area contributed by atoms with E-state index in [9.17, 15) is 18.0 Å². The first-order valence-electron chi connectivity index (χ1n) is 13.1. The van der Waals surface area contributed by atoms with Crippen molar-refractivity contribution in [3.05, 3.63) is 53.0 Å². The lowest BCUT2D eigenvalue weighted by molar-refractivity contribution is -0.142. The number of amides is 1. The maximum Gasteiger partial charge on any atom is 0.311 e. The van der Waals surface area contributed by atoms with Gasteiger partial charge in [-0.3, -0.25) is 14.9 Å². The molecular weight excluding hydrogens is 588 g/mol. The van der Waals surface area contributed by atoms with Crippen molar-refractivity contribution in [1.82, 2.24) is 14.3 Å². The molecule has 0 bridgehead atoms. The summed E-state index contributed by atoms with van der Waals surface area (Å²) in [5.74, 6) is -0.435. The van der Waals surface area contributed by atoms with Gasteiger partial charge in [0.1, 0.15) is 11.9 Å². The monoisotopic (exact) mass is 620 g/mol. The van der Waals surface area contributed by atoms with E-state index < -0.39 is 21.9 Å². The predicted octanol–water partition coefficient (Wildman–Crippen LogP) is 3.12. The van der Waals surface area contributed by atoms with Gasteiger partial charge in [0, 0.05) is 37.7 Å². The summed E-state index contributed by atoms with van der Waals surface area (Å²) >= 11 is 1.17. The van der Waals surface area contributed by atoms with Gasteiger partial charge in [-0.25, -0.2) is 13.4 Å². The van der Waals surface area contributed by atoms with E-state index in [0.29, 0.717) is 29.8 Å². The van der Waals surface area contributed by atoms with Gasteiger partial charge in [-0.05, 0) is 38.1 Å². The standard InChI is InChI=1S/C27H32N4O9S2/c1-4-38-25(32)15-20-17-41-27(28-20)30-26(33)19-13-23(39-18(2)16-36-3)29-24(14-19)40-21-5-7-22(8-6-21)42(34,35)31-9-11-37-12-10-31/h5-8,13-14,17-18H,4,9-12,15-16H2,1-3H3,(H,28,30,33)/t18-/m1/s1. The summed E-state index contributed by atoms with van der Waals surface area (Å²) in [5, 5.41) is 4.67. The Morgan fingerprint density at radius 2 is 1.83 bits per heavy atom.